The second-order valence-electron chi connectivity index (χ2n) is 7.62. The van der Waals surface area contributed by atoms with Gasteiger partial charge < -0.3 is 31.4 Å². The number of carbonyl (C=O) groups excluding carboxylic acids is 2. The third-order valence-electron chi connectivity index (χ3n) is 5.20. The van der Waals surface area contributed by atoms with Gasteiger partial charge >= 0.3 is 5.97 Å². The van der Waals surface area contributed by atoms with Gasteiger partial charge in [0.25, 0.3) is 0 Å². The largest absolute Gasteiger partial charge is 0.508 e. The van der Waals surface area contributed by atoms with Gasteiger partial charge in [-0.1, -0.05) is 18.2 Å². The lowest BCUT2D eigenvalue weighted by Gasteiger charge is -2.18. The molecule has 2 aromatic rings. The first-order chi connectivity index (χ1) is 16.4. The van der Waals surface area contributed by atoms with Crippen LogP contribution in [0.5, 0.6) is 11.5 Å². The number of esters is 1. The normalized spacial score (nSPS) is 16.5. The van der Waals surface area contributed by atoms with Crippen molar-refractivity contribution in [3.63, 3.8) is 0 Å². The number of guanidine groups is 1. The van der Waals surface area contributed by atoms with Gasteiger partial charge in [0.1, 0.15) is 28.1 Å². The van der Waals surface area contributed by atoms with E-state index in [1.54, 1.807) is 36.4 Å². The highest BCUT2D eigenvalue weighted by molar-refractivity contribution is 14.1. The summed E-state index contributed by atoms with van der Waals surface area (Å²) in [6.45, 7) is 1.04. The maximum atomic E-state index is 12.8. The number of ether oxygens (including phenoxy) is 2. The SMILES string of the molecule is NC(N)=NCCCCNC(=O)/C=C/c1ccc2c(c1)[C@H](C(=O)OCI)[C@@H](c1ccc(O)cc1)O2. The number of aliphatic imine (C=N–C) groups is 1. The molecule has 3 rings (SSSR count). The Morgan fingerprint density at radius 1 is 1.18 bits per heavy atom. The minimum atomic E-state index is -0.665. The van der Waals surface area contributed by atoms with Crippen molar-refractivity contribution in [3.05, 3.63) is 65.2 Å². The number of benzene rings is 2. The summed E-state index contributed by atoms with van der Waals surface area (Å²) < 4.78 is 11.6. The molecule has 10 heteroatoms. The molecule has 1 aliphatic heterocycles. The Morgan fingerprint density at radius 3 is 2.65 bits per heavy atom. The molecule has 0 saturated heterocycles. The van der Waals surface area contributed by atoms with Crippen LogP contribution in [-0.2, 0) is 14.3 Å². The highest BCUT2D eigenvalue weighted by atomic mass is 127. The number of hydrogen-bond donors (Lipinski definition) is 4. The van der Waals surface area contributed by atoms with Crippen LogP contribution in [0.2, 0.25) is 0 Å². The van der Waals surface area contributed by atoms with Crippen LogP contribution in [-0.4, -0.2) is 40.6 Å². The van der Waals surface area contributed by atoms with Crippen molar-refractivity contribution < 1.29 is 24.2 Å². The van der Waals surface area contributed by atoms with Crippen molar-refractivity contribution >= 4 is 46.5 Å². The number of phenolic OH excluding ortho intramolecular Hbond substituents is 1. The second kappa shape index (κ2) is 12.3. The topological polar surface area (TPSA) is 149 Å². The molecule has 34 heavy (non-hydrogen) atoms. The van der Waals surface area contributed by atoms with Crippen LogP contribution in [0, 0.1) is 0 Å². The number of halogens is 1. The fraction of sp³-hybridized carbons (Fsp3) is 0.292. The minimum Gasteiger partial charge on any atom is -0.508 e. The van der Waals surface area contributed by atoms with E-state index in [1.807, 2.05) is 34.7 Å². The number of nitrogens with one attached hydrogen (secondary N) is 1. The van der Waals surface area contributed by atoms with E-state index in [0.29, 0.717) is 24.4 Å². The molecular weight excluding hydrogens is 551 g/mol. The quantitative estimate of drug-likeness (QED) is 0.0645. The van der Waals surface area contributed by atoms with E-state index in [2.05, 4.69) is 10.3 Å². The summed E-state index contributed by atoms with van der Waals surface area (Å²) in [4.78, 5) is 28.8. The molecular formula is C24H27IN4O5. The monoisotopic (exact) mass is 578 g/mol. The maximum Gasteiger partial charge on any atom is 0.318 e. The lowest BCUT2D eigenvalue weighted by Crippen LogP contribution is -2.24. The number of aromatic hydroxyl groups is 1. The number of phenols is 1. The Hall–Kier alpha value is -3.28. The van der Waals surface area contributed by atoms with Crippen LogP contribution in [0.25, 0.3) is 6.08 Å². The van der Waals surface area contributed by atoms with E-state index in [1.165, 1.54) is 6.08 Å². The molecule has 1 aliphatic rings. The predicted molar refractivity (Wildman–Crippen MR) is 138 cm³/mol. The van der Waals surface area contributed by atoms with Gasteiger partial charge in [0.05, 0.1) is 0 Å². The third kappa shape index (κ3) is 6.86. The Morgan fingerprint density at radius 2 is 1.94 bits per heavy atom. The number of nitrogens with zero attached hydrogens (tertiary/aromatic N) is 1. The molecule has 2 aromatic carbocycles. The minimum absolute atomic E-state index is 0.0610. The van der Waals surface area contributed by atoms with Gasteiger partial charge in [-0.05, 0) is 76.9 Å². The van der Waals surface area contributed by atoms with Crippen molar-refractivity contribution in [2.75, 3.05) is 17.7 Å². The van der Waals surface area contributed by atoms with Gasteiger partial charge in [-0.3, -0.25) is 14.6 Å². The van der Waals surface area contributed by atoms with Crippen LogP contribution in [0.3, 0.4) is 0 Å². The first-order valence-corrected chi connectivity index (χ1v) is 12.2. The maximum absolute atomic E-state index is 12.8. The van der Waals surface area contributed by atoms with Gasteiger partial charge in [0.15, 0.2) is 5.96 Å². The lowest BCUT2D eigenvalue weighted by molar-refractivity contribution is -0.144. The number of fused-ring (bicyclic) bond motifs is 1. The molecule has 9 nitrogen and oxygen atoms in total. The van der Waals surface area contributed by atoms with Crippen LogP contribution >= 0.6 is 22.6 Å². The highest BCUT2D eigenvalue weighted by Crippen LogP contribution is 2.47. The molecule has 0 unspecified atom stereocenters. The van der Waals surface area contributed by atoms with E-state index >= 15 is 0 Å². The first-order valence-electron chi connectivity index (χ1n) is 10.7. The molecule has 0 aliphatic carbocycles. The zero-order chi connectivity index (χ0) is 24.5. The van der Waals surface area contributed by atoms with Crippen LogP contribution in [0.15, 0.2) is 53.5 Å². The molecule has 0 radical (unpaired) electrons. The fourth-order valence-corrected chi connectivity index (χ4v) is 3.90. The molecule has 0 bridgehead atoms. The second-order valence-corrected chi connectivity index (χ2v) is 8.24. The molecule has 0 saturated carbocycles. The Kier molecular flexibility index (Phi) is 9.14. The van der Waals surface area contributed by atoms with Crippen molar-refractivity contribution in [1.82, 2.24) is 5.32 Å². The number of alkyl halides is 1. The summed E-state index contributed by atoms with van der Waals surface area (Å²) in [5.74, 6) is -0.513. The van der Waals surface area contributed by atoms with Crippen molar-refractivity contribution in [3.8, 4) is 11.5 Å². The third-order valence-corrected chi connectivity index (χ3v) is 5.52. The molecule has 0 fully saturated rings. The Labute approximate surface area is 211 Å². The van der Waals surface area contributed by atoms with E-state index in [0.717, 1.165) is 24.0 Å². The number of unbranched alkanes of at least 4 members (excludes halogenated alkanes) is 1. The number of rotatable bonds is 10. The van der Waals surface area contributed by atoms with Gasteiger partial charge in [0, 0.05) is 24.7 Å². The van der Waals surface area contributed by atoms with Gasteiger partial charge in [0.2, 0.25) is 5.91 Å². The number of carbonyl (C=O) groups is 2. The van der Waals surface area contributed by atoms with Crippen molar-refractivity contribution in [1.29, 1.82) is 0 Å². The Bertz CT molecular complexity index is 1070. The molecule has 1 heterocycles. The highest BCUT2D eigenvalue weighted by Gasteiger charge is 2.41. The van der Waals surface area contributed by atoms with Gasteiger partial charge in [-0.15, -0.1) is 0 Å². The van der Waals surface area contributed by atoms with Crippen LogP contribution < -0.4 is 21.5 Å². The van der Waals surface area contributed by atoms with Crippen molar-refractivity contribution in [2.24, 2.45) is 16.5 Å². The molecule has 0 spiro atoms. The summed E-state index contributed by atoms with van der Waals surface area (Å²) in [6, 6.07) is 12.0. The number of amides is 1. The molecule has 2 atom stereocenters. The fourth-order valence-electron chi connectivity index (χ4n) is 3.59. The smallest absolute Gasteiger partial charge is 0.318 e. The zero-order valence-electron chi connectivity index (χ0n) is 18.4. The van der Waals surface area contributed by atoms with E-state index in [4.69, 9.17) is 20.9 Å². The summed E-state index contributed by atoms with van der Waals surface area (Å²) in [5, 5.41) is 12.4. The van der Waals surface area contributed by atoms with Crippen molar-refractivity contribution in [2.45, 2.75) is 24.9 Å². The molecule has 6 N–H and O–H groups in total. The average molecular weight is 578 g/mol. The first kappa shape index (κ1) is 25.3. The van der Waals surface area contributed by atoms with E-state index < -0.39 is 18.0 Å². The molecule has 1 amide bonds. The molecule has 180 valence electrons. The van der Waals surface area contributed by atoms with Crippen LogP contribution in [0.1, 0.15) is 41.6 Å². The van der Waals surface area contributed by atoms with Crippen LogP contribution in [0.4, 0.5) is 0 Å². The summed E-state index contributed by atoms with van der Waals surface area (Å²) in [7, 11) is 0. The van der Waals surface area contributed by atoms with Gasteiger partial charge in [-0.2, -0.15) is 0 Å². The average Bonchev–Trinajstić information content (AvgIpc) is 3.19. The number of nitrogens with two attached hydrogens (primary N) is 2. The van der Waals surface area contributed by atoms with E-state index in [-0.39, 0.29) is 22.2 Å². The zero-order valence-corrected chi connectivity index (χ0v) is 20.6. The summed E-state index contributed by atoms with van der Waals surface area (Å²) in [6.07, 6.45) is 4.08. The summed E-state index contributed by atoms with van der Waals surface area (Å²) >= 11 is 1.97. The number of hydrogen-bond acceptors (Lipinski definition) is 6. The lowest BCUT2D eigenvalue weighted by atomic mass is 9.90. The summed E-state index contributed by atoms with van der Waals surface area (Å²) in [5.41, 5.74) is 12.7. The standard InChI is InChI=1S/C24H27IN4O5/c25-14-33-23(32)21-18-13-15(4-10-20(31)28-11-1-2-12-29-24(26)27)3-9-19(18)34-22(21)16-5-7-17(30)8-6-16/h3-10,13,21-22,30H,1-2,11-12,14H2,(H,28,31)(H4,26,27,29)/b10-4+/t21-,22+/m0/s1. The Balaban J connectivity index is 1.68. The molecule has 0 aromatic heterocycles. The van der Waals surface area contributed by atoms with E-state index in [9.17, 15) is 14.7 Å². The predicted octanol–water partition coefficient (Wildman–Crippen LogP) is 2.73. The van der Waals surface area contributed by atoms with Gasteiger partial charge in [-0.25, -0.2) is 0 Å².